The average Bonchev–Trinajstić information content (AvgIpc) is 2.61. The van der Waals surface area contributed by atoms with E-state index in [0.717, 1.165) is 5.16 Å². The molecule has 4 nitrogen and oxygen atoms in total. The molecule has 0 saturated heterocycles. The predicted octanol–water partition coefficient (Wildman–Crippen LogP) is 1.20. The van der Waals surface area contributed by atoms with E-state index in [1.54, 1.807) is 12.3 Å². The maximum atomic E-state index is 11.5. The summed E-state index contributed by atoms with van der Waals surface area (Å²) in [6.07, 6.45) is 5.24. The van der Waals surface area contributed by atoms with Crippen LogP contribution in [-0.2, 0) is 11.8 Å². The lowest BCUT2D eigenvalue weighted by Gasteiger charge is -2.10. The number of rotatable bonds is 5. The Hall–Kier alpha value is -1.23. The van der Waals surface area contributed by atoms with Crippen LogP contribution in [0, 0.1) is 0 Å². The molecule has 1 aromatic rings. The van der Waals surface area contributed by atoms with Crippen molar-refractivity contribution in [3.05, 3.63) is 25.0 Å². The number of nitrogens with one attached hydrogen (secondary N) is 1. The molecule has 15 heavy (non-hydrogen) atoms. The third-order valence-electron chi connectivity index (χ3n) is 1.85. The molecule has 0 radical (unpaired) electrons. The second-order valence-corrected chi connectivity index (χ2v) is 4.42. The molecule has 0 aliphatic rings. The van der Waals surface area contributed by atoms with Gasteiger partial charge in [0.1, 0.15) is 0 Å². The van der Waals surface area contributed by atoms with Gasteiger partial charge in [-0.15, -0.1) is 6.58 Å². The van der Waals surface area contributed by atoms with E-state index in [4.69, 9.17) is 0 Å². The van der Waals surface area contributed by atoms with Gasteiger partial charge in [0.05, 0.1) is 5.25 Å². The van der Waals surface area contributed by atoms with Crippen molar-refractivity contribution in [3.63, 3.8) is 0 Å². The number of hydrogen-bond acceptors (Lipinski definition) is 3. The van der Waals surface area contributed by atoms with E-state index in [0.29, 0.717) is 6.54 Å². The third-order valence-corrected chi connectivity index (χ3v) is 3.02. The van der Waals surface area contributed by atoms with Gasteiger partial charge in [0.15, 0.2) is 5.16 Å². The van der Waals surface area contributed by atoms with Crippen molar-refractivity contribution in [3.8, 4) is 0 Å². The molecular formula is C10H15N3OS. The van der Waals surface area contributed by atoms with Crippen molar-refractivity contribution in [2.24, 2.45) is 7.05 Å². The van der Waals surface area contributed by atoms with Gasteiger partial charge in [0, 0.05) is 26.0 Å². The second-order valence-electron chi connectivity index (χ2n) is 3.11. The van der Waals surface area contributed by atoms with Crippen LogP contribution in [0.25, 0.3) is 0 Å². The Kier molecular flexibility index (Phi) is 4.42. The lowest BCUT2D eigenvalue weighted by atomic mass is 10.4. The SMILES string of the molecule is C=CCNC(=O)C(C)Sc1nccn1C. The Morgan fingerprint density at radius 3 is 3.13 bits per heavy atom. The number of thioether (sulfide) groups is 1. The number of imidazole rings is 1. The summed E-state index contributed by atoms with van der Waals surface area (Å²) in [4.78, 5) is 15.7. The topological polar surface area (TPSA) is 46.9 Å². The van der Waals surface area contributed by atoms with Crippen LogP contribution in [0.15, 0.2) is 30.2 Å². The van der Waals surface area contributed by atoms with Gasteiger partial charge < -0.3 is 9.88 Å². The molecule has 1 rings (SSSR count). The van der Waals surface area contributed by atoms with Crippen LogP contribution in [0.4, 0.5) is 0 Å². The smallest absolute Gasteiger partial charge is 0.233 e. The van der Waals surface area contributed by atoms with Gasteiger partial charge in [-0.3, -0.25) is 4.79 Å². The zero-order valence-corrected chi connectivity index (χ0v) is 9.75. The zero-order chi connectivity index (χ0) is 11.3. The Morgan fingerprint density at radius 1 is 1.87 bits per heavy atom. The standard InChI is InChI=1S/C10H15N3OS/c1-4-5-11-9(14)8(2)15-10-12-6-7-13(10)3/h4,6-8H,1,5H2,2-3H3,(H,11,14). The van der Waals surface area contributed by atoms with Gasteiger partial charge >= 0.3 is 0 Å². The van der Waals surface area contributed by atoms with E-state index in [-0.39, 0.29) is 11.2 Å². The number of hydrogen-bond donors (Lipinski definition) is 1. The predicted molar refractivity (Wildman–Crippen MR) is 61.7 cm³/mol. The highest BCUT2D eigenvalue weighted by atomic mass is 32.2. The third kappa shape index (κ3) is 3.43. The summed E-state index contributed by atoms with van der Waals surface area (Å²) in [7, 11) is 1.91. The number of aromatic nitrogens is 2. The number of aryl methyl sites for hydroxylation is 1. The first-order valence-corrected chi connectivity index (χ1v) is 5.55. The molecule has 5 heteroatoms. The van der Waals surface area contributed by atoms with Gasteiger partial charge in [-0.25, -0.2) is 4.98 Å². The summed E-state index contributed by atoms with van der Waals surface area (Å²) in [6.45, 7) is 5.91. The monoisotopic (exact) mass is 225 g/mol. The molecular weight excluding hydrogens is 210 g/mol. The Bertz CT molecular complexity index is 348. The molecule has 1 unspecified atom stereocenters. The van der Waals surface area contributed by atoms with Gasteiger partial charge in [-0.1, -0.05) is 17.8 Å². The minimum atomic E-state index is -0.147. The van der Waals surface area contributed by atoms with Crippen LogP contribution in [0.5, 0.6) is 0 Å². The quantitative estimate of drug-likeness (QED) is 0.605. The van der Waals surface area contributed by atoms with E-state index in [1.807, 2.05) is 24.7 Å². The molecule has 0 aromatic carbocycles. The normalized spacial score (nSPS) is 12.1. The fourth-order valence-corrected chi connectivity index (χ4v) is 1.85. The Morgan fingerprint density at radius 2 is 2.60 bits per heavy atom. The minimum Gasteiger partial charge on any atom is -0.352 e. The van der Waals surface area contributed by atoms with Gasteiger partial charge in [-0.05, 0) is 6.92 Å². The molecule has 0 bridgehead atoms. The molecule has 1 aromatic heterocycles. The van der Waals surface area contributed by atoms with E-state index < -0.39 is 0 Å². The largest absolute Gasteiger partial charge is 0.352 e. The number of carbonyl (C=O) groups is 1. The molecule has 1 heterocycles. The molecule has 0 aliphatic heterocycles. The molecule has 1 amide bonds. The lowest BCUT2D eigenvalue weighted by Crippen LogP contribution is -2.31. The fraction of sp³-hybridized carbons (Fsp3) is 0.400. The minimum absolute atomic E-state index is 0.00269. The summed E-state index contributed by atoms with van der Waals surface area (Å²) in [6, 6.07) is 0. The van der Waals surface area contributed by atoms with Crippen molar-refractivity contribution >= 4 is 17.7 Å². The van der Waals surface area contributed by atoms with Crippen molar-refractivity contribution in [1.29, 1.82) is 0 Å². The molecule has 0 spiro atoms. The van der Waals surface area contributed by atoms with Crippen LogP contribution in [0.3, 0.4) is 0 Å². The Balaban J connectivity index is 2.48. The summed E-state index contributed by atoms with van der Waals surface area (Å²) >= 11 is 1.44. The van der Waals surface area contributed by atoms with Crippen LogP contribution in [0.2, 0.25) is 0 Å². The van der Waals surface area contributed by atoms with E-state index in [2.05, 4.69) is 16.9 Å². The first kappa shape index (κ1) is 11.8. The summed E-state index contributed by atoms with van der Waals surface area (Å²) in [5.74, 6) is 0.00269. The molecule has 82 valence electrons. The highest BCUT2D eigenvalue weighted by molar-refractivity contribution is 8.00. The molecule has 0 aliphatic carbocycles. The van der Waals surface area contributed by atoms with E-state index in [9.17, 15) is 4.79 Å². The zero-order valence-electron chi connectivity index (χ0n) is 8.93. The highest BCUT2D eigenvalue weighted by Gasteiger charge is 2.15. The van der Waals surface area contributed by atoms with Crippen molar-refractivity contribution in [1.82, 2.24) is 14.9 Å². The first-order chi connectivity index (χ1) is 7.15. The van der Waals surface area contributed by atoms with Crippen LogP contribution in [0.1, 0.15) is 6.92 Å². The first-order valence-electron chi connectivity index (χ1n) is 4.67. The maximum absolute atomic E-state index is 11.5. The molecule has 1 N–H and O–H groups in total. The van der Waals surface area contributed by atoms with Gasteiger partial charge in [-0.2, -0.15) is 0 Å². The Labute approximate surface area is 93.8 Å². The van der Waals surface area contributed by atoms with Gasteiger partial charge in [0.2, 0.25) is 5.91 Å². The van der Waals surface area contributed by atoms with Crippen LogP contribution in [-0.4, -0.2) is 27.3 Å². The highest BCUT2D eigenvalue weighted by Crippen LogP contribution is 2.20. The van der Waals surface area contributed by atoms with Crippen LogP contribution < -0.4 is 5.32 Å². The number of carbonyl (C=O) groups excluding carboxylic acids is 1. The van der Waals surface area contributed by atoms with Crippen LogP contribution >= 0.6 is 11.8 Å². The summed E-state index contributed by atoms with van der Waals surface area (Å²) in [5.41, 5.74) is 0. The van der Waals surface area contributed by atoms with E-state index >= 15 is 0 Å². The second kappa shape index (κ2) is 5.60. The fourth-order valence-electron chi connectivity index (χ4n) is 0.994. The summed E-state index contributed by atoms with van der Waals surface area (Å²) < 4.78 is 1.89. The van der Waals surface area contributed by atoms with Crippen molar-refractivity contribution in [2.75, 3.05) is 6.54 Å². The maximum Gasteiger partial charge on any atom is 0.233 e. The molecule has 0 fully saturated rings. The summed E-state index contributed by atoms with van der Waals surface area (Å²) in [5, 5.41) is 3.45. The number of nitrogens with zero attached hydrogens (tertiary/aromatic N) is 2. The lowest BCUT2D eigenvalue weighted by molar-refractivity contribution is -0.120. The van der Waals surface area contributed by atoms with E-state index in [1.165, 1.54) is 11.8 Å². The van der Waals surface area contributed by atoms with Gasteiger partial charge in [0.25, 0.3) is 0 Å². The molecule has 1 atom stereocenters. The number of amides is 1. The van der Waals surface area contributed by atoms with Crippen molar-refractivity contribution < 1.29 is 4.79 Å². The molecule has 0 saturated carbocycles. The van der Waals surface area contributed by atoms with Crippen molar-refractivity contribution in [2.45, 2.75) is 17.3 Å². The average molecular weight is 225 g/mol.